The number of carbonyl (C=O) groups excluding carboxylic acids is 1. The number of nitrogens with one attached hydrogen (secondary N) is 1. The quantitative estimate of drug-likeness (QED) is 0.649. The molecule has 0 radical (unpaired) electrons. The van der Waals surface area contributed by atoms with Gasteiger partial charge in [-0.2, -0.15) is 0 Å². The Morgan fingerprint density at radius 2 is 2.04 bits per heavy atom. The molecule has 0 fully saturated rings. The molecule has 3 N–H and O–H groups in total. The zero-order valence-corrected chi connectivity index (χ0v) is 15.3. The minimum atomic E-state index is -0.194. The van der Waals surface area contributed by atoms with E-state index in [-0.39, 0.29) is 5.91 Å². The highest BCUT2D eigenvalue weighted by atomic mass is 79.9. The van der Waals surface area contributed by atoms with Crippen molar-refractivity contribution in [2.45, 2.75) is 25.7 Å². The molecule has 0 aliphatic heterocycles. The van der Waals surface area contributed by atoms with E-state index in [2.05, 4.69) is 27.3 Å². The van der Waals surface area contributed by atoms with Crippen LogP contribution in [-0.2, 0) is 12.8 Å². The van der Waals surface area contributed by atoms with E-state index in [1.54, 1.807) is 0 Å². The van der Waals surface area contributed by atoms with Gasteiger partial charge in [0.1, 0.15) is 9.71 Å². The summed E-state index contributed by atoms with van der Waals surface area (Å²) in [5.41, 5.74) is 9.95. The number of anilines is 2. The molecule has 3 aromatic rings. The van der Waals surface area contributed by atoms with E-state index >= 15 is 0 Å². The van der Waals surface area contributed by atoms with Crippen molar-refractivity contribution in [3.05, 3.63) is 50.9 Å². The molecule has 1 aliphatic rings. The maximum Gasteiger partial charge on any atom is 0.267 e. The summed E-state index contributed by atoms with van der Waals surface area (Å²) in [5, 5.41) is 3.82. The zero-order chi connectivity index (χ0) is 16.7. The number of aromatic nitrogens is 1. The Bertz CT molecular complexity index is 951. The number of aryl methyl sites for hydroxylation is 2. The maximum atomic E-state index is 12.6. The molecule has 0 atom stereocenters. The first-order valence-corrected chi connectivity index (χ1v) is 9.51. The topological polar surface area (TPSA) is 68.0 Å². The number of benzene rings is 1. The summed E-state index contributed by atoms with van der Waals surface area (Å²) in [6, 6.07) is 9.64. The number of nitrogens with zero attached hydrogens (tertiary/aromatic N) is 1. The number of pyridine rings is 1. The van der Waals surface area contributed by atoms with Gasteiger partial charge in [0, 0.05) is 15.6 Å². The fourth-order valence-electron chi connectivity index (χ4n) is 3.07. The largest absolute Gasteiger partial charge is 0.397 e. The van der Waals surface area contributed by atoms with Crippen LogP contribution in [0.25, 0.3) is 10.2 Å². The normalized spacial score (nSPS) is 13.7. The van der Waals surface area contributed by atoms with Gasteiger partial charge in [-0.15, -0.1) is 11.3 Å². The minimum absolute atomic E-state index is 0.194. The zero-order valence-electron chi connectivity index (χ0n) is 12.9. The highest BCUT2D eigenvalue weighted by molar-refractivity contribution is 9.10. The number of halogens is 1. The lowest BCUT2D eigenvalue weighted by molar-refractivity contribution is 0.103. The summed E-state index contributed by atoms with van der Waals surface area (Å²) in [6.45, 7) is 0. The van der Waals surface area contributed by atoms with Crippen molar-refractivity contribution in [3.63, 3.8) is 0 Å². The van der Waals surface area contributed by atoms with E-state index in [1.807, 2.05) is 24.3 Å². The van der Waals surface area contributed by atoms with Crippen molar-refractivity contribution in [1.82, 2.24) is 4.98 Å². The average Bonchev–Trinajstić information content (AvgIpc) is 2.91. The van der Waals surface area contributed by atoms with Crippen LogP contribution in [0.1, 0.15) is 33.8 Å². The lowest BCUT2D eigenvalue weighted by Crippen LogP contribution is -2.12. The van der Waals surface area contributed by atoms with E-state index in [1.165, 1.54) is 29.7 Å². The first-order chi connectivity index (χ1) is 11.6. The number of thiophene rings is 1. The second-order valence-corrected chi connectivity index (χ2v) is 7.79. The number of nitrogens with two attached hydrogens (primary N) is 1. The van der Waals surface area contributed by atoms with Crippen molar-refractivity contribution in [2.24, 2.45) is 0 Å². The Morgan fingerprint density at radius 3 is 2.88 bits per heavy atom. The van der Waals surface area contributed by atoms with Gasteiger partial charge in [0.15, 0.2) is 0 Å². The first-order valence-electron chi connectivity index (χ1n) is 7.90. The van der Waals surface area contributed by atoms with E-state index < -0.39 is 0 Å². The molecule has 0 unspecified atom stereocenters. The molecule has 0 saturated heterocycles. The molecule has 2 aromatic heterocycles. The molecule has 2 heterocycles. The molecule has 24 heavy (non-hydrogen) atoms. The number of carbonyl (C=O) groups is 1. The summed E-state index contributed by atoms with van der Waals surface area (Å²) < 4.78 is 0.839. The number of para-hydroxylation sites is 1. The monoisotopic (exact) mass is 401 g/mol. The van der Waals surface area contributed by atoms with Gasteiger partial charge in [-0.1, -0.05) is 12.1 Å². The van der Waals surface area contributed by atoms with E-state index in [4.69, 9.17) is 10.7 Å². The SMILES string of the molecule is Nc1c(C(=O)Nc2ccccc2Br)sc2nc3c(cc12)CCCC3. The standard InChI is InChI=1S/C18H16BrN3OS/c19-12-6-2-4-8-14(12)21-17(23)16-15(20)11-9-10-5-1-3-7-13(10)22-18(11)24-16/h2,4,6,8-9H,1,3,5,7,20H2,(H,21,23). The predicted molar refractivity (Wildman–Crippen MR) is 103 cm³/mol. The van der Waals surface area contributed by atoms with Gasteiger partial charge in [0.2, 0.25) is 0 Å². The Morgan fingerprint density at radius 1 is 1.25 bits per heavy atom. The van der Waals surface area contributed by atoms with Crippen LogP contribution in [0, 0.1) is 0 Å². The van der Waals surface area contributed by atoms with Gasteiger partial charge in [0.25, 0.3) is 5.91 Å². The van der Waals surface area contributed by atoms with E-state index in [0.717, 1.165) is 38.9 Å². The lowest BCUT2D eigenvalue weighted by Gasteiger charge is -2.14. The van der Waals surface area contributed by atoms with Crippen LogP contribution in [0.2, 0.25) is 0 Å². The van der Waals surface area contributed by atoms with E-state index in [0.29, 0.717) is 10.6 Å². The number of nitrogen functional groups attached to an aromatic ring is 1. The Balaban J connectivity index is 1.72. The molecule has 122 valence electrons. The van der Waals surface area contributed by atoms with Gasteiger partial charge >= 0.3 is 0 Å². The van der Waals surface area contributed by atoms with Crippen LogP contribution in [0.3, 0.4) is 0 Å². The number of amides is 1. The van der Waals surface area contributed by atoms with Gasteiger partial charge in [0.05, 0.1) is 11.4 Å². The molecule has 1 aromatic carbocycles. The summed E-state index contributed by atoms with van der Waals surface area (Å²) in [7, 11) is 0. The van der Waals surface area contributed by atoms with Gasteiger partial charge < -0.3 is 11.1 Å². The number of hydrogen-bond donors (Lipinski definition) is 2. The fraction of sp³-hybridized carbons (Fsp3) is 0.222. The third kappa shape index (κ3) is 2.70. The van der Waals surface area contributed by atoms with Crippen LogP contribution >= 0.6 is 27.3 Å². The third-order valence-corrected chi connectivity index (χ3v) is 6.13. The predicted octanol–water partition coefficient (Wildman–Crippen LogP) is 4.77. The Kier molecular flexibility index (Phi) is 4.02. The number of hydrogen-bond acceptors (Lipinski definition) is 4. The lowest BCUT2D eigenvalue weighted by atomic mass is 9.95. The molecule has 4 rings (SSSR count). The van der Waals surface area contributed by atoms with Gasteiger partial charge in [-0.05, 0) is 65.4 Å². The van der Waals surface area contributed by atoms with E-state index in [9.17, 15) is 4.79 Å². The molecular weight excluding hydrogens is 386 g/mol. The fourth-order valence-corrected chi connectivity index (χ4v) is 4.45. The number of fused-ring (bicyclic) bond motifs is 2. The second-order valence-electron chi connectivity index (χ2n) is 5.93. The molecule has 0 spiro atoms. The third-order valence-electron chi connectivity index (χ3n) is 4.33. The van der Waals surface area contributed by atoms with Crippen molar-refractivity contribution in [2.75, 3.05) is 11.1 Å². The molecule has 0 saturated carbocycles. The van der Waals surface area contributed by atoms with Crippen LogP contribution in [0.4, 0.5) is 11.4 Å². The summed E-state index contributed by atoms with van der Waals surface area (Å²) in [5.74, 6) is -0.194. The highest BCUT2D eigenvalue weighted by Crippen LogP contribution is 2.36. The maximum absolute atomic E-state index is 12.6. The van der Waals surface area contributed by atoms with Crippen molar-refractivity contribution in [1.29, 1.82) is 0 Å². The van der Waals surface area contributed by atoms with Crippen LogP contribution in [0.15, 0.2) is 34.8 Å². The van der Waals surface area contributed by atoms with Crippen molar-refractivity contribution < 1.29 is 4.79 Å². The second kappa shape index (κ2) is 6.18. The van der Waals surface area contributed by atoms with Gasteiger partial charge in [-0.25, -0.2) is 4.98 Å². The molecule has 0 bridgehead atoms. The molecule has 6 heteroatoms. The number of rotatable bonds is 2. The van der Waals surface area contributed by atoms with Gasteiger partial charge in [-0.3, -0.25) is 4.79 Å². The van der Waals surface area contributed by atoms with Crippen molar-refractivity contribution >= 4 is 54.8 Å². The smallest absolute Gasteiger partial charge is 0.267 e. The average molecular weight is 402 g/mol. The summed E-state index contributed by atoms with van der Waals surface area (Å²) in [6.07, 6.45) is 4.44. The van der Waals surface area contributed by atoms with Crippen LogP contribution in [0.5, 0.6) is 0 Å². The molecular formula is C18H16BrN3OS. The Labute approximate surface area is 152 Å². The van der Waals surface area contributed by atoms with Crippen LogP contribution in [-0.4, -0.2) is 10.9 Å². The molecule has 4 nitrogen and oxygen atoms in total. The highest BCUT2D eigenvalue weighted by Gasteiger charge is 2.20. The first kappa shape index (κ1) is 15.6. The summed E-state index contributed by atoms with van der Waals surface area (Å²) in [4.78, 5) is 18.8. The summed E-state index contributed by atoms with van der Waals surface area (Å²) >= 11 is 4.81. The molecule has 1 amide bonds. The van der Waals surface area contributed by atoms with Crippen molar-refractivity contribution in [3.8, 4) is 0 Å². The minimum Gasteiger partial charge on any atom is -0.397 e. The molecule has 1 aliphatic carbocycles. The van der Waals surface area contributed by atoms with Crippen LogP contribution < -0.4 is 11.1 Å². The Hall–Kier alpha value is -1.92.